The Morgan fingerprint density at radius 2 is 1.89 bits per heavy atom. The molecule has 0 aliphatic rings. The van der Waals surface area contributed by atoms with Gasteiger partial charge in [0.25, 0.3) is 0 Å². The van der Waals surface area contributed by atoms with E-state index in [4.69, 9.17) is 21.1 Å². The van der Waals surface area contributed by atoms with Crippen LogP contribution < -0.4 is 0 Å². The molecule has 0 saturated carbocycles. The molecule has 1 unspecified atom stereocenters. The third-order valence-electron chi connectivity index (χ3n) is 2.99. The fourth-order valence-electron chi connectivity index (χ4n) is 1.91. The van der Waals surface area contributed by atoms with E-state index in [1.807, 2.05) is 12.1 Å². The van der Waals surface area contributed by atoms with Crippen molar-refractivity contribution < 1.29 is 9.47 Å². The Hall–Kier alpha value is -0.0900. The Kier molecular flexibility index (Phi) is 9.52. The Bertz CT molecular complexity index is 329. The Balaban J connectivity index is 2.20. The molecule has 1 rings (SSSR count). The first-order chi connectivity index (χ1) is 9.26. The molecule has 19 heavy (non-hydrogen) atoms. The fourth-order valence-corrected chi connectivity index (χ4v) is 2.58. The zero-order valence-electron chi connectivity index (χ0n) is 11.4. The molecule has 0 spiro atoms. The van der Waals surface area contributed by atoms with Gasteiger partial charge in [0, 0.05) is 24.1 Å². The van der Waals surface area contributed by atoms with Gasteiger partial charge in [-0.3, -0.25) is 0 Å². The van der Waals surface area contributed by atoms with Crippen LogP contribution in [0.15, 0.2) is 24.3 Å². The summed E-state index contributed by atoms with van der Waals surface area (Å²) in [6.45, 7) is 2.17. The van der Waals surface area contributed by atoms with Crippen molar-refractivity contribution in [3.63, 3.8) is 0 Å². The minimum Gasteiger partial charge on any atom is -0.382 e. The van der Waals surface area contributed by atoms with Crippen LogP contribution in [0.5, 0.6) is 0 Å². The van der Waals surface area contributed by atoms with Gasteiger partial charge in [0.2, 0.25) is 0 Å². The zero-order chi connectivity index (χ0) is 13.9. The first kappa shape index (κ1) is 17.0. The molecule has 0 aliphatic carbocycles. The molecule has 0 fully saturated rings. The second kappa shape index (κ2) is 10.7. The van der Waals surface area contributed by atoms with Gasteiger partial charge in [-0.1, -0.05) is 39.7 Å². The van der Waals surface area contributed by atoms with Crippen LogP contribution in [0.4, 0.5) is 0 Å². The third kappa shape index (κ3) is 7.93. The van der Waals surface area contributed by atoms with Gasteiger partial charge in [0.1, 0.15) is 0 Å². The van der Waals surface area contributed by atoms with Gasteiger partial charge in [0.05, 0.1) is 13.2 Å². The largest absolute Gasteiger partial charge is 0.382 e. The summed E-state index contributed by atoms with van der Waals surface area (Å²) in [4.78, 5) is 0. The van der Waals surface area contributed by atoms with E-state index in [2.05, 4.69) is 28.1 Å². The summed E-state index contributed by atoms with van der Waals surface area (Å²) in [7, 11) is 1.69. The van der Waals surface area contributed by atoms with Gasteiger partial charge in [-0.05, 0) is 42.9 Å². The maximum atomic E-state index is 5.89. The number of hydrogen-bond acceptors (Lipinski definition) is 2. The van der Waals surface area contributed by atoms with Crippen LogP contribution in [-0.2, 0) is 15.9 Å². The summed E-state index contributed by atoms with van der Waals surface area (Å²) in [5.74, 6) is 0.646. The summed E-state index contributed by atoms with van der Waals surface area (Å²) < 4.78 is 10.4. The molecule has 0 heterocycles. The highest BCUT2D eigenvalue weighted by atomic mass is 79.9. The molecule has 0 aliphatic heterocycles. The molecular formula is C15H22BrClO2. The first-order valence-corrected chi connectivity index (χ1v) is 8.13. The maximum Gasteiger partial charge on any atom is 0.0700 e. The van der Waals surface area contributed by atoms with Gasteiger partial charge in [0.15, 0.2) is 0 Å². The number of ether oxygens (including phenoxy) is 2. The van der Waals surface area contributed by atoms with Crippen LogP contribution in [0.3, 0.4) is 0 Å². The molecule has 0 N–H and O–H groups in total. The molecule has 2 nitrogen and oxygen atoms in total. The van der Waals surface area contributed by atoms with Gasteiger partial charge < -0.3 is 9.47 Å². The smallest absolute Gasteiger partial charge is 0.0700 e. The first-order valence-electron chi connectivity index (χ1n) is 6.63. The maximum absolute atomic E-state index is 5.89. The van der Waals surface area contributed by atoms with Crippen LogP contribution in [0.1, 0.15) is 18.4 Å². The number of benzene rings is 1. The van der Waals surface area contributed by atoms with Gasteiger partial charge in [-0.2, -0.15) is 0 Å². The SMILES string of the molecule is COCCOCCCC(CBr)Cc1ccc(Cl)cc1. The quantitative estimate of drug-likeness (QED) is 0.462. The van der Waals surface area contributed by atoms with Crippen LogP contribution in [0, 0.1) is 5.92 Å². The summed E-state index contributed by atoms with van der Waals surface area (Å²) in [6.07, 6.45) is 3.34. The number of hydrogen-bond donors (Lipinski definition) is 0. The predicted octanol–water partition coefficient (Wildman–Crippen LogP) is 4.34. The number of alkyl halides is 1. The standard InChI is InChI=1S/C15H22BrClO2/c1-18-9-10-19-8-2-3-14(12-16)11-13-4-6-15(17)7-5-13/h4-7,14H,2-3,8-12H2,1H3. The van der Waals surface area contributed by atoms with Crippen molar-refractivity contribution >= 4 is 27.5 Å². The molecular weight excluding hydrogens is 328 g/mol. The van der Waals surface area contributed by atoms with Gasteiger partial charge in [-0.15, -0.1) is 0 Å². The lowest BCUT2D eigenvalue weighted by Crippen LogP contribution is -2.09. The van der Waals surface area contributed by atoms with E-state index >= 15 is 0 Å². The van der Waals surface area contributed by atoms with E-state index in [1.165, 1.54) is 12.0 Å². The van der Waals surface area contributed by atoms with Crippen molar-refractivity contribution in [3.8, 4) is 0 Å². The Morgan fingerprint density at radius 3 is 2.53 bits per heavy atom. The van der Waals surface area contributed by atoms with Crippen LogP contribution in [0.2, 0.25) is 5.02 Å². The van der Waals surface area contributed by atoms with Crippen molar-refractivity contribution in [2.45, 2.75) is 19.3 Å². The second-order valence-corrected chi connectivity index (χ2v) is 5.68. The number of rotatable bonds is 10. The molecule has 1 atom stereocenters. The molecule has 0 radical (unpaired) electrons. The van der Waals surface area contributed by atoms with Crippen molar-refractivity contribution in [1.29, 1.82) is 0 Å². The molecule has 108 valence electrons. The summed E-state index contributed by atoms with van der Waals surface area (Å²) in [5, 5.41) is 1.82. The van der Waals surface area contributed by atoms with E-state index in [0.29, 0.717) is 19.1 Å². The molecule has 4 heteroatoms. The molecule has 0 saturated heterocycles. The average molecular weight is 350 g/mol. The highest BCUT2D eigenvalue weighted by molar-refractivity contribution is 9.09. The van der Waals surface area contributed by atoms with Crippen molar-refractivity contribution in [2.75, 3.05) is 32.3 Å². The van der Waals surface area contributed by atoms with E-state index in [1.54, 1.807) is 7.11 Å². The fraction of sp³-hybridized carbons (Fsp3) is 0.600. The van der Waals surface area contributed by atoms with Crippen LogP contribution >= 0.6 is 27.5 Å². The normalized spacial score (nSPS) is 12.6. The van der Waals surface area contributed by atoms with Crippen LogP contribution in [-0.4, -0.2) is 32.3 Å². The average Bonchev–Trinajstić information content (AvgIpc) is 2.43. The topological polar surface area (TPSA) is 18.5 Å². The third-order valence-corrected chi connectivity index (χ3v) is 4.16. The van der Waals surface area contributed by atoms with E-state index in [-0.39, 0.29) is 0 Å². The highest BCUT2D eigenvalue weighted by Gasteiger charge is 2.08. The molecule has 0 amide bonds. The van der Waals surface area contributed by atoms with E-state index < -0.39 is 0 Å². The number of methoxy groups -OCH3 is 1. The zero-order valence-corrected chi connectivity index (χ0v) is 13.8. The molecule has 0 bridgehead atoms. The molecule has 1 aromatic carbocycles. The van der Waals surface area contributed by atoms with E-state index in [0.717, 1.165) is 29.8 Å². The lowest BCUT2D eigenvalue weighted by Gasteiger charge is -2.14. The summed E-state index contributed by atoms with van der Waals surface area (Å²) in [5.41, 5.74) is 1.34. The highest BCUT2D eigenvalue weighted by Crippen LogP contribution is 2.18. The van der Waals surface area contributed by atoms with Gasteiger partial charge >= 0.3 is 0 Å². The lowest BCUT2D eigenvalue weighted by atomic mass is 9.97. The molecule has 1 aromatic rings. The Labute approximate surface area is 129 Å². The lowest BCUT2D eigenvalue weighted by molar-refractivity contribution is 0.0675. The second-order valence-electron chi connectivity index (χ2n) is 4.60. The Morgan fingerprint density at radius 1 is 1.16 bits per heavy atom. The van der Waals surface area contributed by atoms with Crippen molar-refractivity contribution in [2.24, 2.45) is 5.92 Å². The minimum atomic E-state index is 0.646. The van der Waals surface area contributed by atoms with E-state index in [9.17, 15) is 0 Å². The van der Waals surface area contributed by atoms with Crippen molar-refractivity contribution in [3.05, 3.63) is 34.9 Å². The molecule has 0 aromatic heterocycles. The number of halogens is 2. The minimum absolute atomic E-state index is 0.646. The summed E-state index contributed by atoms with van der Waals surface area (Å²) in [6, 6.07) is 8.12. The predicted molar refractivity (Wildman–Crippen MR) is 84.4 cm³/mol. The van der Waals surface area contributed by atoms with Gasteiger partial charge in [-0.25, -0.2) is 0 Å². The monoisotopic (exact) mass is 348 g/mol. The van der Waals surface area contributed by atoms with Crippen LogP contribution in [0.25, 0.3) is 0 Å². The summed E-state index contributed by atoms with van der Waals surface area (Å²) >= 11 is 9.49. The van der Waals surface area contributed by atoms with Crippen molar-refractivity contribution in [1.82, 2.24) is 0 Å².